The predicted molar refractivity (Wildman–Crippen MR) is 98.7 cm³/mol. The summed E-state index contributed by atoms with van der Waals surface area (Å²) >= 11 is 0. The van der Waals surface area contributed by atoms with Crippen molar-refractivity contribution in [2.24, 2.45) is 4.99 Å². The molecule has 156 valence electrons. The second-order valence-electron chi connectivity index (χ2n) is 6.19. The number of carbonyl (C=O) groups is 1. The van der Waals surface area contributed by atoms with Crippen molar-refractivity contribution in [3.05, 3.63) is 29.6 Å². The highest BCUT2D eigenvalue weighted by Crippen LogP contribution is 2.19. The van der Waals surface area contributed by atoms with Crippen LogP contribution in [-0.2, 0) is 14.3 Å². The van der Waals surface area contributed by atoms with Crippen LogP contribution < -0.4 is 16.0 Å². The van der Waals surface area contributed by atoms with Crippen molar-refractivity contribution in [2.45, 2.75) is 25.4 Å². The normalized spacial score (nSPS) is 16.9. The number of nitrogens with one attached hydrogen (secondary N) is 3. The van der Waals surface area contributed by atoms with Gasteiger partial charge >= 0.3 is 0 Å². The number of guanidine groups is 1. The molecule has 1 atom stereocenters. The van der Waals surface area contributed by atoms with Crippen LogP contribution in [0.4, 0.5) is 18.9 Å². The fourth-order valence-electron chi connectivity index (χ4n) is 2.57. The van der Waals surface area contributed by atoms with E-state index in [0.717, 1.165) is 38.0 Å². The highest BCUT2D eigenvalue weighted by Gasteiger charge is 2.16. The summed E-state index contributed by atoms with van der Waals surface area (Å²) in [5.74, 6) is -4.66. The number of hydrogen-bond acceptors (Lipinski definition) is 4. The maximum absolute atomic E-state index is 13.5. The maximum atomic E-state index is 13.5. The van der Waals surface area contributed by atoms with Gasteiger partial charge in [0.2, 0.25) is 5.91 Å². The van der Waals surface area contributed by atoms with E-state index >= 15 is 0 Å². The van der Waals surface area contributed by atoms with Crippen molar-refractivity contribution in [2.75, 3.05) is 45.3 Å². The SMILES string of the molecule is CN=C(NCCCOCC1CCCO1)NCC(=O)Nc1ccc(F)c(F)c1F. The van der Waals surface area contributed by atoms with Gasteiger partial charge in [-0.3, -0.25) is 9.79 Å². The first-order valence-corrected chi connectivity index (χ1v) is 9.08. The molecule has 1 aromatic rings. The molecular weight excluding hydrogens is 377 g/mol. The summed E-state index contributed by atoms with van der Waals surface area (Å²) in [6, 6.07) is 1.69. The van der Waals surface area contributed by atoms with Gasteiger partial charge in [0.1, 0.15) is 0 Å². The van der Waals surface area contributed by atoms with Crippen LogP contribution >= 0.6 is 0 Å². The Kier molecular flexibility index (Phi) is 9.02. The van der Waals surface area contributed by atoms with E-state index in [4.69, 9.17) is 9.47 Å². The molecule has 1 heterocycles. The Balaban J connectivity index is 1.62. The van der Waals surface area contributed by atoms with E-state index in [-0.39, 0.29) is 12.6 Å². The summed E-state index contributed by atoms with van der Waals surface area (Å²) in [4.78, 5) is 15.8. The van der Waals surface area contributed by atoms with Gasteiger partial charge in [-0.2, -0.15) is 0 Å². The fraction of sp³-hybridized carbons (Fsp3) is 0.556. The molecule has 1 aliphatic rings. The number of rotatable bonds is 9. The van der Waals surface area contributed by atoms with Crippen molar-refractivity contribution in [3.8, 4) is 0 Å². The number of amides is 1. The monoisotopic (exact) mass is 402 g/mol. The van der Waals surface area contributed by atoms with Gasteiger partial charge in [0.05, 0.1) is 24.9 Å². The van der Waals surface area contributed by atoms with E-state index < -0.39 is 29.0 Å². The lowest BCUT2D eigenvalue weighted by Crippen LogP contribution is -2.42. The molecule has 0 bridgehead atoms. The number of carbonyl (C=O) groups excluding carboxylic acids is 1. The van der Waals surface area contributed by atoms with E-state index in [9.17, 15) is 18.0 Å². The zero-order valence-electron chi connectivity index (χ0n) is 15.7. The quantitative estimate of drug-likeness (QED) is 0.254. The smallest absolute Gasteiger partial charge is 0.243 e. The zero-order valence-corrected chi connectivity index (χ0v) is 15.7. The molecule has 0 saturated carbocycles. The number of halogens is 3. The highest BCUT2D eigenvalue weighted by atomic mass is 19.2. The minimum atomic E-state index is -1.63. The topological polar surface area (TPSA) is 84.0 Å². The van der Waals surface area contributed by atoms with Crippen molar-refractivity contribution in [1.82, 2.24) is 10.6 Å². The Morgan fingerprint density at radius 1 is 1.29 bits per heavy atom. The van der Waals surface area contributed by atoms with Gasteiger partial charge in [-0.15, -0.1) is 0 Å². The summed E-state index contributed by atoms with van der Waals surface area (Å²) in [6.45, 7) is 2.31. The van der Waals surface area contributed by atoms with Gasteiger partial charge in [0.25, 0.3) is 0 Å². The summed E-state index contributed by atoms with van der Waals surface area (Å²) < 4.78 is 50.6. The van der Waals surface area contributed by atoms with Crippen molar-refractivity contribution >= 4 is 17.6 Å². The number of hydrogen-bond donors (Lipinski definition) is 3. The van der Waals surface area contributed by atoms with Gasteiger partial charge in [-0.05, 0) is 31.4 Å². The van der Waals surface area contributed by atoms with Crippen molar-refractivity contribution in [1.29, 1.82) is 0 Å². The number of aliphatic imine (C=N–C) groups is 1. The van der Waals surface area contributed by atoms with Crippen LogP contribution in [0.15, 0.2) is 17.1 Å². The molecule has 0 aromatic heterocycles. The number of anilines is 1. The van der Waals surface area contributed by atoms with Gasteiger partial charge in [0, 0.05) is 26.8 Å². The Labute approximate surface area is 161 Å². The summed E-state index contributed by atoms with van der Waals surface area (Å²) in [7, 11) is 1.54. The minimum Gasteiger partial charge on any atom is -0.379 e. The van der Waals surface area contributed by atoms with Crippen LogP contribution in [0.3, 0.4) is 0 Å². The molecule has 2 rings (SSSR count). The molecule has 0 aliphatic carbocycles. The first-order valence-electron chi connectivity index (χ1n) is 9.08. The molecule has 28 heavy (non-hydrogen) atoms. The predicted octanol–water partition coefficient (Wildman–Crippen LogP) is 1.79. The average molecular weight is 402 g/mol. The first-order chi connectivity index (χ1) is 13.5. The van der Waals surface area contributed by atoms with Gasteiger partial charge < -0.3 is 25.4 Å². The standard InChI is InChI=1S/C18H25F3N4O3/c1-22-18(23-7-3-8-27-11-12-4-2-9-28-12)24-10-15(26)25-14-6-5-13(19)16(20)17(14)21/h5-6,12H,2-4,7-11H2,1H3,(H,25,26)(H2,22,23,24). The molecule has 1 aromatic carbocycles. The highest BCUT2D eigenvalue weighted by molar-refractivity contribution is 5.95. The Morgan fingerprint density at radius 3 is 2.82 bits per heavy atom. The minimum absolute atomic E-state index is 0.195. The van der Waals surface area contributed by atoms with Gasteiger partial charge in [0.15, 0.2) is 23.4 Å². The third kappa shape index (κ3) is 7.01. The zero-order chi connectivity index (χ0) is 20.4. The number of nitrogens with zero attached hydrogens (tertiary/aromatic N) is 1. The Bertz CT molecular complexity index is 682. The third-order valence-corrected chi connectivity index (χ3v) is 4.03. The second kappa shape index (κ2) is 11.5. The molecule has 1 fully saturated rings. The van der Waals surface area contributed by atoms with Crippen LogP contribution in [0.25, 0.3) is 0 Å². The molecule has 1 unspecified atom stereocenters. The summed E-state index contributed by atoms with van der Waals surface area (Å²) in [5.41, 5.74) is -0.433. The van der Waals surface area contributed by atoms with Gasteiger partial charge in [-0.25, -0.2) is 13.2 Å². The largest absolute Gasteiger partial charge is 0.379 e. The summed E-state index contributed by atoms with van der Waals surface area (Å²) in [6.07, 6.45) is 3.04. The first kappa shape index (κ1) is 22.0. The van der Waals surface area contributed by atoms with E-state index in [0.29, 0.717) is 25.7 Å². The lowest BCUT2D eigenvalue weighted by Gasteiger charge is -2.13. The molecule has 3 N–H and O–H groups in total. The summed E-state index contributed by atoms with van der Waals surface area (Å²) in [5, 5.41) is 7.93. The third-order valence-electron chi connectivity index (χ3n) is 4.03. The molecular formula is C18H25F3N4O3. The molecule has 7 nitrogen and oxygen atoms in total. The van der Waals surface area contributed by atoms with E-state index in [2.05, 4.69) is 20.9 Å². The Morgan fingerprint density at radius 2 is 2.11 bits per heavy atom. The molecule has 10 heteroatoms. The second-order valence-corrected chi connectivity index (χ2v) is 6.19. The molecule has 0 spiro atoms. The maximum Gasteiger partial charge on any atom is 0.243 e. The van der Waals surface area contributed by atoms with Crippen molar-refractivity contribution < 1.29 is 27.4 Å². The van der Waals surface area contributed by atoms with Gasteiger partial charge in [-0.1, -0.05) is 0 Å². The van der Waals surface area contributed by atoms with Crippen LogP contribution in [0.5, 0.6) is 0 Å². The average Bonchev–Trinajstić information content (AvgIpc) is 3.21. The van der Waals surface area contributed by atoms with Crippen LogP contribution in [0.1, 0.15) is 19.3 Å². The molecule has 1 saturated heterocycles. The van der Waals surface area contributed by atoms with Crippen molar-refractivity contribution in [3.63, 3.8) is 0 Å². The van der Waals surface area contributed by atoms with E-state index in [1.807, 2.05) is 0 Å². The number of ether oxygens (including phenoxy) is 2. The van der Waals surface area contributed by atoms with Crippen LogP contribution in [0, 0.1) is 17.5 Å². The van der Waals surface area contributed by atoms with Crippen LogP contribution in [-0.4, -0.2) is 57.9 Å². The van der Waals surface area contributed by atoms with Crippen LogP contribution in [0.2, 0.25) is 0 Å². The molecule has 1 aliphatic heterocycles. The van der Waals surface area contributed by atoms with E-state index in [1.54, 1.807) is 0 Å². The Hall–Kier alpha value is -2.33. The van der Waals surface area contributed by atoms with E-state index in [1.165, 1.54) is 7.05 Å². The lowest BCUT2D eigenvalue weighted by atomic mass is 10.2. The number of benzene rings is 1. The molecule has 0 radical (unpaired) electrons. The molecule has 1 amide bonds. The fourth-order valence-corrected chi connectivity index (χ4v) is 2.57. The lowest BCUT2D eigenvalue weighted by molar-refractivity contribution is -0.115.